The molecule has 6 heteroatoms. The molecule has 1 aromatic heterocycles. The van der Waals surface area contributed by atoms with Crippen LogP contribution in [-0.2, 0) is 18.7 Å². The number of rotatable bonds is 5. The predicted molar refractivity (Wildman–Crippen MR) is 80.2 cm³/mol. The van der Waals surface area contributed by atoms with Crippen molar-refractivity contribution in [2.24, 2.45) is 0 Å². The topological polar surface area (TPSA) is 74.6 Å². The molecule has 1 aromatic carbocycles. The second kappa shape index (κ2) is 6.11. The van der Waals surface area contributed by atoms with Crippen LogP contribution < -0.4 is 10.1 Å². The van der Waals surface area contributed by atoms with E-state index in [1.54, 1.807) is 0 Å². The minimum Gasteiger partial charge on any atom is -0.493 e. The number of hydrogen-bond acceptors (Lipinski definition) is 6. The zero-order valence-electron chi connectivity index (χ0n) is 11.6. The van der Waals surface area contributed by atoms with Crippen LogP contribution in [0.25, 0.3) is 0 Å². The fourth-order valence-electron chi connectivity index (χ4n) is 2.61. The summed E-state index contributed by atoms with van der Waals surface area (Å²) in [6.07, 6.45) is 0.707. The van der Waals surface area contributed by atoms with Gasteiger partial charge in [0, 0.05) is 23.9 Å². The van der Waals surface area contributed by atoms with Gasteiger partial charge in [-0.3, -0.25) is 5.32 Å². The number of benzene rings is 1. The SMILES string of the molecule is OCc1csc(CNC2(CO)CCOc3ccccc32)n1. The van der Waals surface area contributed by atoms with Gasteiger partial charge in [-0.25, -0.2) is 4.98 Å². The quantitative estimate of drug-likeness (QED) is 0.778. The normalized spacial score (nSPS) is 20.9. The van der Waals surface area contributed by atoms with Gasteiger partial charge in [0.25, 0.3) is 0 Å². The van der Waals surface area contributed by atoms with Crippen LogP contribution in [0.4, 0.5) is 0 Å². The second-order valence-corrected chi connectivity index (χ2v) is 6.02. The Morgan fingerprint density at radius 3 is 2.95 bits per heavy atom. The van der Waals surface area contributed by atoms with E-state index in [0.717, 1.165) is 16.3 Å². The second-order valence-electron chi connectivity index (χ2n) is 5.08. The summed E-state index contributed by atoms with van der Waals surface area (Å²) in [4.78, 5) is 4.33. The fraction of sp³-hybridized carbons (Fsp3) is 0.400. The summed E-state index contributed by atoms with van der Waals surface area (Å²) in [5.74, 6) is 0.820. The molecule has 1 unspecified atom stereocenters. The molecule has 0 aliphatic carbocycles. The Labute approximate surface area is 127 Å². The van der Waals surface area contributed by atoms with Gasteiger partial charge in [-0.15, -0.1) is 11.3 Å². The first-order valence-electron chi connectivity index (χ1n) is 6.90. The molecule has 0 spiro atoms. The summed E-state index contributed by atoms with van der Waals surface area (Å²) >= 11 is 1.51. The summed E-state index contributed by atoms with van der Waals surface area (Å²) in [6.45, 7) is 1.09. The summed E-state index contributed by atoms with van der Waals surface area (Å²) in [5.41, 5.74) is 1.17. The smallest absolute Gasteiger partial charge is 0.124 e. The van der Waals surface area contributed by atoms with E-state index >= 15 is 0 Å². The van der Waals surface area contributed by atoms with Crippen LogP contribution in [0.2, 0.25) is 0 Å². The fourth-order valence-corrected chi connectivity index (χ4v) is 3.33. The van der Waals surface area contributed by atoms with Crippen LogP contribution in [0, 0.1) is 0 Å². The molecule has 0 amide bonds. The van der Waals surface area contributed by atoms with E-state index in [2.05, 4.69) is 10.3 Å². The Hall–Kier alpha value is -1.47. The van der Waals surface area contributed by atoms with Gasteiger partial charge < -0.3 is 14.9 Å². The largest absolute Gasteiger partial charge is 0.493 e. The van der Waals surface area contributed by atoms with Crippen LogP contribution in [0.15, 0.2) is 29.6 Å². The number of thiazole rings is 1. The number of nitrogens with one attached hydrogen (secondary N) is 1. The molecular weight excluding hydrogens is 288 g/mol. The lowest BCUT2D eigenvalue weighted by atomic mass is 9.85. The van der Waals surface area contributed by atoms with Gasteiger partial charge in [-0.2, -0.15) is 0 Å². The first-order valence-corrected chi connectivity index (χ1v) is 7.78. The van der Waals surface area contributed by atoms with E-state index in [9.17, 15) is 5.11 Å². The van der Waals surface area contributed by atoms with E-state index in [1.807, 2.05) is 29.6 Å². The maximum atomic E-state index is 9.94. The van der Waals surface area contributed by atoms with Crippen LogP contribution in [-0.4, -0.2) is 28.4 Å². The van der Waals surface area contributed by atoms with Crippen molar-refractivity contribution in [2.45, 2.75) is 25.1 Å². The summed E-state index contributed by atoms with van der Waals surface area (Å²) in [5, 5.41) is 25.2. The van der Waals surface area contributed by atoms with Crippen LogP contribution in [0.3, 0.4) is 0 Å². The molecule has 112 valence electrons. The maximum Gasteiger partial charge on any atom is 0.124 e. The Kier molecular flexibility index (Phi) is 4.21. The zero-order valence-corrected chi connectivity index (χ0v) is 12.4. The maximum absolute atomic E-state index is 9.94. The number of aromatic nitrogens is 1. The summed E-state index contributed by atoms with van der Waals surface area (Å²) in [7, 11) is 0. The Morgan fingerprint density at radius 2 is 2.19 bits per heavy atom. The molecule has 1 atom stereocenters. The monoisotopic (exact) mass is 306 g/mol. The lowest BCUT2D eigenvalue weighted by Crippen LogP contribution is -2.48. The minimum atomic E-state index is -0.500. The van der Waals surface area contributed by atoms with Gasteiger partial charge >= 0.3 is 0 Å². The van der Waals surface area contributed by atoms with E-state index in [1.165, 1.54) is 11.3 Å². The third kappa shape index (κ3) is 2.80. The number of fused-ring (bicyclic) bond motifs is 1. The lowest BCUT2D eigenvalue weighted by molar-refractivity contribution is 0.106. The van der Waals surface area contributed by atoms with Gasteiger partial charge in [0.15, 0.2) is 0 Å². The van der Waals surface area contributed by atoms with Crippen molar-refractivity contribution in [1.29, 1.82) is 0 Å². The highest BCUT2D eigenvalue weighted by Crippen LogP contribution is 2.36. The molecule has 3 rings (SSSR count). The zero-order chi connectivity index (χ0) is 14.7. The Morgan fingerprint density at radius 1 is 1.33 bits per heavy atom. The molecule has 0 saturated heterocycles. The molecule has 5 nitrogen and oxygen atoms in total. The number of aliphatic hydroxyl groups excluding tert-OH is 2. The molecule has 3 N–H and O–H groups in total. The molecule has 21 heavy (non-hydrogen) atoms. The van der Waals surface area contributed by atoms with E-state index in [0.29, 0.717) is 25.3 Å². The van der Waals surface area contributed by atoms with Gasteiger partial charge in [0.1, 0.15) is 10.8 Å². The Bertz CT molecular complexity index is 616. The third-order valence-electron chi connectivity index (χ3n) is 3.80. The number of nitrogens with zero attached hydrogens (tertiary/aromatic N) is 1. The van der Waals surface area contributed by atoms with Crippen LogP contribution in [0.5, 0.6) is 5.75 Å². The van der Waals surface area contributed by atoms with Crippen LogP contribution in [0.1, 0.15) is 22.7 Å². The first-order chi connectivity index (χ1) is 10.3. The van der Waals surface area contributed by atoms with Crippen LogP contribution >= 0.6 is 11.3 Å². The van der Waals surface area contributed by atoms with Gasteiger partial charge in [-0.1, -0.05) is 18.2 Å². The minimum absolute atomic E-state index is 0.00556. The number of aliphatic hydroxyl groups is 2. The van der Waals surface area contributed by atoms with Crippen molar-refractivity contribution in [2.75, 3.05) is 13.2 Å². The van der Waals surface area contributed by atoms with Crippen molar-refractivity contribution in [1.82, 2.24) is 10.3 Å². The van der Waals surface area contributed by atoms with E-state index < -0.39 is 5.54 Å². The van der Waals surface area contributed by atoms with Crippen molar-refractivity contribution in [3.63, 3.8) is 0 Å². The lowest BCUT2D eigenvalue weighted by Gasteiger charge is -2.38. The first kappa shape index (κ1) is 14.5. The van der Waals surface area contributed by atoms with Gasteiger partial charge in [-0.05, 0) is 6.07 Å². The summed E-state index contributed by atoms with van der Waals surface area (Å²) < 4.78 is 5.66. The van der Waals surface area contributed by atoms with E-state index in [4.69, 9.17) is 9.84 Å². The molecule has 0 saturated carbocycles. The van der Waals surface area contributed by atoms with Crippen molar-refractivity contribution in [3.05, 3.63) is 45.9 Å². The number of ether oxygens (including phenoxy) is 1. The molecule has 2 aromatic rings. The van der Waals surface area contributed by atoms with Gasteiger partial charge in [0.05, 0.1) is 31.1 Å². The van der Waals surface area contributed by atoms with Crippen molar-refractivity contribution in [3.8, 4) is 5.75 Å². The molecule has 0 radical (unpaired) electrons. The molecule has 1 aliphatic rings. The summed E-state index contributed by atoms with van der Waals surface area (Å²) in [6, 6.07) is 7.79. The standard InChI is InChI=1S/C15H18N2O3S/c18-8-11-9-21-14(17-11)7-16-15(10-19)5-6-20-13-4-2-1-3-12(13)15/h1-4,9,16,18-19H,5-8,10H2. The molecule has 1 aliphatic heterocycles. The van der Waals surface area contributed by atoms with E-state index in [-0.39, 0.29) is 13.2 Å². The average molecular weight is 306 g/mol. The third-order valence-corrected chi connectivity index (χ3v) is 4.70. The highest BCUT2D eigenvalue weighted by Gasteiger charge is 2.36. The molecule has 0 bridgehead atoms. The highest BCUT2D eigenvalue weighted by atomic mass is 32.1. The number of hydrogen-bond donors (Lipinski definition) is 3. The molecule has 2 heterocycles. The predicted octanol–water partition coefficient (Wildman–Crippen LogP) is 1.40. The Balaban J connectivity index is 1.81. The van der Waals surface area contributed by atoms with Crippen molar-refractivity contribution < 1.29 is 14.9 Å². The molecular formula is C15H18N2O3S. The van der Waals surface area contributed by atoms with Gasteiger partial charge in [0.2, 0.25) is 0 Å². The van der Waals surface area contributed by atoms with Crippen molar-refractivity contribution >= 4 is 11.3 Å². The average Bonchev–Trinajstić information content (AvgIpc) is 3.01. The highest BCUT2D eigenvalue weighted by molar-refractivity contribution is 7.09. The molecule has 0 fully saturated rings. The number of para-hydroxylation sites is 1.